The van der Waals surface area contributed by atoms with Gasteiger partial charge in [0, 0.05) is 13.1 Å². The molecule has 0 saturated carbocycles. The molecule has 0 aromatic rings. The van der Waals surface area contributed by atoms with Gasteiger partial charge in [0.15, 0.2) is 5.25 Å². The zero-order valence-corrected chi connectivity index (χ0v) is 10.2. The van der Waals surface area contributed by atoms with Crippen LogP contribution >= 0.6 is 0 Å². The summed E-state index contributed by atoms with van der Waals surface area (Å²) in [5, 5.41) is 16.1. The number of sulfonamides is 1. The second-order valence-corrected chi connectivity index (χ2v) is 5.32. The number of aliphatic carboxylic acids is 1. The van der Waals surface area contributed by atoms with Crippen LogP contribution in [0.4, 0.5) is 0 Å². The van der Waals surface area contributed by atoms with E-state index >= 15 is 0 Å². The monoisotopic (exact) mass is 248 g/mol. The van der Waals surface area contributed by atoms with Gasteiger partial charge in [-0.1, -0.05) is 13.8 Å². The summed E-state index contributed by atoms with van der Waals surface area (Å²) < 4.78 is 24.7. The van der Waals surface area contributed by atoms with Gasteiger partial charge in [-0.05, 0) is 6.42 Å². The second kappa shape index (κ2) is 6.45. The minimum absolute atomic E-state index is 0.0909. The third-order valence-electron chi connectivity index (χ3n) is 2.16. The number of carboxylic acid groups (broad SMARTS) is 1. The molecule has 0 aliphatic carbocycles. The van der Waals surface area contributed by atoms with E-state index in [1.807, 2.05) is 0 Å². The fraction of sp³-hybridized carbons (Fsp3) is 0.778. The Bertz CT molecular complexity index is 371. The van der Waals surface area contributed by atoms with Crippen molar-refractivity contribution in [2.45, 2.75) is 31.9 Å². The standard InChI is InChI=1S/C9H16N2O4S/c1-3-8(7-10)16(14,15)11(4-2)6-5-9(12)13/h8H,3-6H2,1-2H3,(H,12,13). The number of hydrogen-bond acceptors (Lipinski definition) is 4. The first-order chi connectivity index (χ1) is 7.39. The van der Waals surface area contributed by atoms with E-state index in [0.29, 0.717) is 0 Å². The lowest BCUT2D eigenvalue weighted by molar-refractivity contribution is -0.137. The molecule has 0 bridgehead atoms. The summed E-state index contributed by atoms with van der Waals surface area (Å²) >= 11 is 0. The highest BCUT2D eigenvalue weighted by molar-refractivity contribution is 7.90. The molecular weight excluding hydrogens is 232 g/mol. The van der Waals surface area contributed by atoms with Crippen LogP contribution in [0, 0.1) is 11.3 Å². The average molecular weight is 248 g/mol. The van der Waals surface area contributed by atoms with Gasteiger partial charge in [-0.2, -0.15) is 5.26 Å². The maximum atomic E-state index is 11.8. The third-order valence-corrected chi connectivity index (χ3v) is 4.48. The van der Waals surface area contributed by atoms with Gasteiger partial charge in [0.2, 0.25) is 10.0 Å². The van der Waals surface area contributed by atoms with Crippen LogP contribution < -0.4 is 0 Å². The zero-order valence-electron chi connectivity index (χ0n) is 9.38. The molecule has 0 rings (SSSR count). The van der Waals surface area contributed by atoms with Gasteiger partial charge >= 0.3 is 5.97 Å². The summed E-state index contributed by atoms with van der Waals surface area (Å²) in [6, 6.07) is 1.72. The Morgan fingerprint density at radius 2 is 2.06 bits per heavy atom. The fourth-order valence-electron chi connectivity index (χ4n) is 1.23. The van der Waals surface area contributed by atoms with E-state index in [9.17, 15) is 13.2 Å². The Balaban J connectivity index is 4.81. The maximum Gasteiger partial charge on any atom is 0.304 e. The Labute approximate surface area is 95.5 Å². The van der Waals surface area contributed by atoms with Crippen molar-refractivity contribution in [1.82, 2.24) is 4.31 Å². The van der Waals surface area contributed by atoms with Crippen LogP contribution in [0.2, 0.25) is 0 Å². The van der Waals surface area contributed by atoms with Crippen LogP contribution in [0.1, 0.15) is 26.7 Å². The largest absolute Gasteiger partial charge is 0.481 e. The van der Waals surface area contributed by atoms with Crippen molar-refractivity contribution in [3.8, 4) is 6.07 Å². The van der Waals surface area contributed by atoms with Gasteiger partial charge in [0.1, 0.15) is 0 Å². The molecule has 0 heterocycles. The number of carboxylic acids is 1. The summed E-state index contributed by atoms with van der Waals surface area (Å²) in [5.74, 6) is -1.06. The van der Waals surface area contributed by atoms with Crippen LogP contribution in [0.15, 0.2) is 0 Å². The predicted octanol–water partition coefficient (Wildman–Crippen LogP) is 0.415. The van der Waals surface area contributed by atoms with Crippen LogP contribution in [0.5, 0.6) is 0 Å². The van der Waals surface area contributed by atoms with E-state index in [-0.39, 0.29) is 25.9 Å². The lowest BCUT2D eigenvalue weighted by Crippen LogP contribution is -2.39. The van der Waals surface area contributed by atoms with E-state index in [4.69, 9.17) is 10.4 Å². The number of nitrogens with zero attached hydrogens (tertiary/aromatic N) is 2. The van der Waals surface area contributed by atoms with E-state index < -0.39 is 21.2 Å². The number of carbonyl (C=O) groups is 1. The molecule has 6 nitrogen and oxygen atoms in total. The van der Waals surface area contributed by atoms with Crippen molar-refractivity contribution >= 4 is 16.0 Å². The number of hydrogen-bond donors (Lipinski definition) is 1. The highest BCUT2D eigenvalue weighted by atomic mass is 32.2. The second-order valence-electron chi connectivity index (χ2n) is 3.21. The molecule has 0 aliphatic rings. The predicted molar refractivity (Wildman–Crippen MR) is 58.1 cm³/mol. The smallest absolute Gasteiger partial charge is 0.304 e. The van der Waals surface area contributed by atoms with Crippen molar-refractivity contribution in [3.05, 3.63) is 0 Å². The Kier molecular flexibility index (Phi) is 6.00. The van der Waals surface area contributed by atoms with E-state index in [2.05, 4.69) is 0 Å². The molecule has 92 valence electrons. The van der Waals surface area contributed by atoms with Gasteiger partial charge in [-0.15, -0.1) is 0 Å². The summed E-state index contributed by atoms with van der Waals surface area (Å²) in [6.45, 7) is 3.31. The van der Waals surface area contributed by atoms with Crippen LogP contribution in [0.3, 0.4) is 0 Å². The molecular formula is C9H16N2O4S. The molecule has 0 amide bonds. The minimum atomic E-state index is -3.70. The minimum Gasteiger partial charge on any atom is -0.481 e. The third kappa shape index (κ3) is 3.79. The lowest BCUT2D eigenvalue weighted by Gasteiger charge is -2.21. The average Bonchev–Trinajstić information content (AvgIpc) is 2.19. The molecule has 0 aromatic heterocycles. The van der Waals surface area contributed by atoms with Gasteiger partial charge in [-0.3, -0.25) is 4.79 Å². The molecule has 0 fully saturated rings. The van der Waals surface area contributed by atoms with Crippen molar-refractivity contribution in [2.24, 2.45) is 0 Å². The zero-order chi connectivity index (χ0) is 12.8. The van der Waals surface area contributed by atoms with Crippen molar-refractivity contribution < 1.29 is 18.3 Å². The van der Waals surface area contributed by atoms with Gasteiger partial charge in [0.25, 0.3) is 0 Å². The van der Waals surface area contributed by atoms with Crippen molar-refractivity contribution in [1.29, 1.82) is 5.26 Å². The Morgan fingerprint density at radius 1 is 1.50 bits per heavy atom. The molecule has 0 radical (unpaired) electrons. The van der Waals surface area contributed by atoms with Gasteiger partial charge in [-0.25, -0.2) is 12.7 Å². The SMILES string of the molecule is CCC(C#N)S(=O)(=O)N(CC)CCC(=O)O. The highest BCUT2D eigenvalue weighted by Crippen LogP contribution is 2.12. The summed E-state index contributed by atoms with van der Waals surface area (Å²) in [4.78, 5) is 10.4. The van der Waals surface area contributed by atoms with Crippen LogP contribution in [-0.2, 0) is 14.8 Å². The highest BCUT2D eigenvalue weighted by Gasteiger charge is 2.29. The first kappa shape index (κ1) is 14.9. The summed E-state index contributed by atoms with van der Waals surface area (Å²) in [7, 11) is -3.70. The van der Waals surface area contributed by atoms with Crippen molar-refractivity contribution in [3.63, 3.8) is 0 Å². The van der Waals surface area contributed by atoms with Crippen LogP contribution in [0.25, 0.3) is 0 Å². The molecule has 1 unspecified atom stereocenters. The fourth-order valence-corrected chi connectivity index (χ4v) is 2.85. The number of rotatable bonds is 7. The van der Waals surface area contributed by atoms with Gasteiger partial charge in [0.05, 0.1) is 12.5 Å². The van der Waals surface area contributed by atoms with E-state index in [1.165, 1.54) is 0 Å². The molecule has 0 aliphatic heterocycles. The van der Waals surface area contributed by atoms with E-state index in [0.717, 1.165) is 4.31 Å². The van der Waals surface area contributed by atoms with Crippen LogP contribution in [-0.4, -0.2) is 42.1 Å². The first-order valence-corrected chi connectivity index (χ1v) is 6.50. The molecule has 1 atom stereocenters. The Hall–Kier alpha value is -1.13. The molecule has 0 saturated heterocycles. The normalized spacial score (nSPS) is 13.4. The molecule has 7 heteroatoms. The first-order valence-electron chi connectivity index (χ1n) is 5.00. The summed E-state index contributed by atoms with van der Waals surface area (Å²) in [5.41, 5.74) is 0. The number of nitriles is 1. The Morgan fingerprint density at radius 3 is 2.38 bits per heavy atom. The molecule has 1 N–H and O–H groups in total. The summed E-state index contributed by atoms with van der Waals surface area (Å²) in [6.07, 6.45) is -0.0582. The van der Waals surface area contributed by atoms with Crippen molar-refractivity contribution in [2.75, 3.05) is 13.1 Å². The maximum absolute atomic E-state index is 11.8. The molecule has 0 spiro atoms. The van der Waals surface area contributed by atoms with Gasteiger partial charge < -0.3 is 5.11 Å². The molecule has 0 aromatic carbocycles. The topological polar surface area (TPSA) is 98.5 Å². The lowest BCUT2D eigenvalue weighted by atomic mass is 10.4. The quantitative estimate of drug-likeness (QED) is 0.703. The molecule has 16 heavy (non-hydrogen) atoms. The van der Waals surface area contributed by atoms with E-state index in [1.54, 1.807) is 19.9 Å².